The van der Waals surface area contributed by atoms with Crippen molar-refractivity contribution in [3.8, 4) is 11.8 Å². The van der Waals surface area contributed by atoms with Crippen LogP contribution in [-0.4, -0.2) is 11.5 Å². The topological polar surface area (TPSA) is 62.1 Å². The van der Waals surface area contributed by atoms with Gasteiger partial charge in [0.1, 0.15) is 17.6 Å². The average Bonchev–Trinajstić information content (AvgIpc) is 2.55. The minimum Gasteiger partial charge on any atom is -0.478 e. The summed E-state index contributed by atoms with van der Waals surface area (Å²) in [7, 11) is 0. The van der Waals surface area contributed by atoms with Crippen LogP contribution in [0.25, 0.3) is 0 Å². The first-order chi connectivity index (χ1) is 11.3. The third kappa shape index (κ3) is 4.46. The summed E-state index contributed by atoms with van der Waals surface area (Å²) in [5.41, 5.74) is -0.710. The van der Waals surface area contributed by atoms with E-state index >= 15 is 0 Å². The minimum absolute atomic E-state index is 0.409. The molecule has 0 saturated heterocycles. The van der Waals surface area contributed by atoms with Gasteiger partial charge in [-0.05, 0) is 55.8 Å². The fraction of sp³-hybridized carbons (Fsp3) is 0.222. The molecule has 0 aliphatic carbocycles. The van der Waals surface area contributed by atoms with E-state index in [0.29, 0.717) is 16.3 Å². The lowest BCUT2D eigenvalue weighted by Gasteiger charge is -2.26. The molecule has 0 radical (unpaired) electrons. The number of nitrogens with one attached hydrogen (secondary N) is 1. The maximum atomic E-state index is 13.0. The van der Waals surface area contributed by atoms with Crippen molar-refractivity contribution in [1.29, 1.82) is 5.26 Å². The molecule has 0 aliphatic heterocycles. The van der Waals surface area contributed by atoms with E-state index < -0.39 is 23.4 Å². The average molecular weight is 347 g/mol. The van der Waals surface area contributed by atoms with Crippen LogP contribution >= 0.6 is 11.6 Å². The maximum absolute atomic E-state index is 13.0. The number of nitrogens with zero attached hydrogens (tertiary/aromatic N) is 1. The predicted molar refractivity (Wildman–Crippen MR) is 89.1 cm³/mol. The van der Waals surface area contributed by atoms with E-state index in [1.807, 2.05) is 6.07 Å². The van der Waals surface area contributed by atoms with E-state index in [1.54, 1.807) is 38.1 Å². The summed E-state index contributed by atoms with van der Waals surface area (Å²) in [5, 5.41) is 12.4. The SMILES string of the molecule is CC(C)(Oc1ccc(Cl)cc1)C(=O)N[C@H](C#N)c1ccc(F)cc1. The Morgan fingerprint density at radius 1 is 1.21 bits per heavy atom. The third-order valence-corrected chi connectivity index (χ3v) is 3.59. The van der Waals surface area contributed by atoms with Crippen molar-refractivity contribution in [1.82, 2.24) is 5.32 Å². The molecular formula is C18H16ClFN2O2. The lowest BCUT2D eigenvalue weighted by Crippen LogP contribution is -2.47. The summed E-state index contributed by atoms with van der Waals surface area (Å²) in [6.07, 6.45) is 0. The van der Waals surface area contributed by atoms with Crippen LogP contribution in [0.1, 0.15) is 25.5 Å². The molecular weight excluding hydrogens is 331 g/mol. The number of hydrogen-bond donors (Lipinski definition) is 1. The van der Waals surface area contributed by atoms with E-state index in [0.717, 1.165) is 0 Å². The van der Waals surface area contributed by atoms with Gasteiger partial charge < -0.3 is 10.1 Å². The third-order valence-electron chi connectivity index (χ3n) is 3.34. The molecule has 1 atom stereocenters. The second-order valence-electron chi connectivity index (χ2n) is 5.65. The summed E-state index contributed by atoms with van der Waals surface area (Å²) in [6, 6.07) is 13.1. The Morgan fingerprint density at radius 3 is 2.33 bits per heavy atom. The van der Waals surface area contributed by atoms with E-state index in [4.69, 9.17) is 16.3 Å². The van der Waals surface area contributed by atoms with Gasteiger partial charge in [-0.3, -0.25) is 4.79 Å². The maximum Gasteiger partial charge on any atom is 0.264 e. The number of carbonyl (C=O) groups excluding carboxylic acids is 1. The summed E-state index contributed by atoms with van der Waals surface area (Å²) < 4.78 is 18.7. The molecule has 6 heteroatoms. The summed E-state index contributed by atoms with van der Waals surface area (Å²) in [6.45, 7) is 3.19. The van der Waals surface area contributed by atoms with Gasteiger partial charge in [0.25, 0.3) is 5.91 Å². The number of hydrogen-bond acceptors (Lipinski definition) is 3. The van der Waals surface area contributed by atoms with Crippen molar-refractivity contribution in [3.63, 3.8) is 0 Å². The fourth-order valence-electron chi connectivity index (χ4n) is 1.99. The second-order valence-corrected chi connectivity index (χ2v) is 6.09. The van der Waals surface area contributed by atoms with E-state index in [9.17, 15) is 14.4 Å². The van der Waals surface area contributed by atoms with Crippen molar-refractivity contribution in [2.75, 3.05) is 0 Å². The number of halogens is 2. The second kappa shape index (κ2) is 7.33. The molecule has 24 heavy (non-hydrogen) atoms. The Hall–Kier alpha value is -2.58. The molecule has 0 heterocycles. The molecule has 2 rings (SSSR count). The smallest absolute Gasteiger partial charge is 0.264 e. The molecule has 0 spiro atoms. The van der Waals surface area contributed by atoms with Crippen molar-refractivity contribution >= 4 is 17.5 Å². The molecule has 0 bridgehead atoms. The summed E-state index contributed by atoms with van der Waals surface area (Å²) in [4.78, 5) is 12.5. The number of amides is 1. The highest BCUT2D eigenvalue weighted by molar-refractivity contribution is 6.30. The Morgan fingerprint density at radius 2 is 1.79 bits per heavy atom. The summed E-state index contributed by atoms with van der Waals surface area (Å²) in [5.74, 6) is -0.392. The number of benzene rings is 2. The zero-order valence-electron chi connectivity index (χ0n) is 13.2. The Balaban J connectivity index is 2.09. The minimum atomic E-state index is -1.21. The number of carbonyl (C=O) groups is 1. The lowest BCUT2D eigenvalue weighted by atomic mass is 10.0. The molecule has 1 N–H and O–H groups in total. The van der Waals surface area contributed by atoms with Crippen molar-refractivity contribution < 1.29 is 13.9 Å². The first kappa shape index (κ1) is 17.8. The van der Waals surface area contributed by atoms with Gasteiger partial charge in [0.05, 0.1) is 6.07 Å². The van der Waals surface area contributed by atoms with Gasteiger partial charge in [0.2, 0.25) is 0 Å². The van der Waals surface area contributed by atoms with Gasteiger partial charge in [-0.25, -0.2) is 4.39 Å². The van der Waals surface area contributed by atoms with Crippen LogP contribution in [0.4, 0.5) is 4.39 Å². The van der Waals surface area contributed by atoms with Crippen molar-refractivity contribution in [2.45, 2.75) is 25.5 Å². The normalized spacial score (nSPS) is 12.1. The van der Waals surface area contributed by atoms with Crippen LogP contribution in [-0.2, 0) is 4.79 Å². The van der Waals surface area contributed by atoms with Crippen LogP contribution in [0.3, 0.4) is 0 Å². The largest absolute Gasteiger partial charge is 0.478 e. The first-order valence-electron chi connectivity index (χ1n) is 7.22. The molecule has 0 aromatic heterocycles. The van der Waals surface area contributed by atoms with E-state index in [-0.39, 0.29) is 0 Å². The van der Waals surface area contributed by atoms with Gasteiger partial charge in [0.15, 0.2) is 5.60 Å². The van der Waals surface area contributed by atoms with Gasteiger partial charge in [-0.15, -0.1) is 0 Å². The predicted octanol–water partition coefficient (Wildman–Crippen LogP) is 4.02. The molecule has 0 saturated carbocycles. The van der Waals surface area contributed by atoms with Crippen LogP contribution < -0.4 is 10.1 Å². The number of rotatable bonds is 5. The zero-order valence-corrected chi connectivity index (χ0v) is 14.0. The highest BCUT2D eigenvalue weighted by atomic mass is 35.5. The van der Waals surface area contributed by atoms with Gasteiger partial charge in [-0.2, -0.15) is 5.26 Å². The Bertz CT molecular complexity index is 752. The standard InChI is InChI=1S/C18H16ClFN2O2/c1-18(2,24-15-9-5-13(19)6-10-15)17(23)22-16(11-21)12-3-7-14(20)8-4-12/h3-10,16H,1-2H3,(H,22,23)/t16-/m1/s1. The highest BCUT2D eigenvalue weighted by Gasteiger charge is 2.32. The van der Waals surface area contributed by atoms with Crippen LogP contribution in [0.2, 0.25) is 5.02 Å². The fourth-order valence-corrected chi connectivity index (χ4v) is 2.12. The monoisotopic (exact) mass is 346 g/mol. The lowest BCUT2D eigenvalue weighted by molar-refractivity contribution is -0.134. The van der Waals surface area contributed by atoms with Crippen LogP contribution in [0.5, 0.6) is 5.75 Å². The van der Waals surface area contributed by atoms with Crippen LogP contribution in [0, 0.1) is 17.1 Å². The van der Waals surface area contributed by atoms with E-state index in [2.05, 4.69) is 5.32 Å². The molecule has 0 aliphatic rings. The molecule has 2 aromatic rings. The molecule has 124 valence electrons. The Labute approximate surface area is 144 Å². The highest BCUT2D eigenvalue weighted by Crippen LogP contribution is 2.22. The molecule has 0 unspecified atom stereocenters. The van der Waals surface area contributed by atoms with Crippen molar-refractivity contribution in [3.05, 3.63) is 64.9 Å². The molecule has 1 amide bonds. The van der Waals surface area contributed by atoms with Gasteiger partial charge >= 0.3 is 0 Å². The zero-order chi connectivity index (χ0) is 17.7. The Kier molecular flexibility index (Phi) is 5.42. The molecule has 4 nitrogen and oxygen atoms in total. The first-order valence-corrected chi connectivity index (χ1v) is 7.60. The number of nitriles is 1. The molecule has 2 aromatic carbocycles. The van der Waals surface area contributed by atoms with E-state index in [1.165, 1.54) is 24.3 Å². The summed E-state index contributed by atoms with van der Waals surface area (Å²) >= 11 is 5.81. The van der Waals surface area contributed by atoms with Crippen LogP contribution in [0.15, 0.2) is 48.5 Å². The van der Waals surface area contributed by atoms with Crippen molar-refractivity contribution in [2.24, 2.45) is 0 Å². The van der Waals surface area contributed by atoms with Gasteiger partial charge in [-0.1, -0.05) is 23.7 Å². The quantitative estimate of drug-likeness (QED) is 0.889. The number of ether oxygens (including phenoxy) is 1. The molecule has 0 fully saturated rings. The van der Waals surface area contributed by atoms with Gasteiger partial charge in [0, 0.05) is 5.02 Å².